The van der Waals surface area contributed by atoms with E-state index >= 15 is 0 Å². The molecule has 50 heavy (non-hydrogen) atoms. The average Bonchev–Trinajstić information content (AvgIpc) is 3.44. The monoisotopic (exact) mass is 708 g/mol. The smallest absolute Gasteiger partial charge is 0.355 e. The van der Waals surface area contributed by atoms with Gasteiger partial charge in [-0.3, -0.25) is 9.80 Å². The van der Waals surface area contributed by atoms with Gasteiger partial charge in [0.1, 0.15) is 23.9 Å². The number of piperidine rings is 1. The molecule has 3 aliphatic heterocycles. The highest BCUT2D eigenvalue weighted by atomic mass is 32.2. The Kier molecular flexibility index (Phi) is 9.07. The van der Waals surface area contributed by atoms with Crippen molar-refractivity contribution in [3.05, 3.63) is 65.1 Å². The summed E-state index contributed by atoms with van der Waals surface area (Å²) in [5, 5.41) is 11.8. The van der Waals surface area contributed by atoms with Crippen molar-refractivity contribution in [1.29, 1.82) is 5.26 Å². The topological polar surface area (TPSA) is 102 Å². The number of benzene rings is 2. The summed E-state index contributed by atoms with van der Waals surface area (Å²) in [6.07, 6.45) is -0.412. The van der Waals surface area contributed by atoms with Gasteiger partial charge in [-0.1, -0.05) is 12.1 Å². The van der Waals surface area contributed by atoms with Crippen LogP contribution in [0.3, 0.4) is 0 Å². The number of anilines is 1. The normalized spacial score (nSPS) is 20.0. The molecule has 7 rings (SSSR count). The highest BCUT2D eigenvalue weighted by Gasteiger charge is 2.45. The molecule has 2 aromatic heterocycles. The van der Waals surface area contributed by atoms with Crippen molar-refractivity contribution in [2.45, 2.75) is 51.9 Å². The lowest BCUT2D eigenvalue weighted by molar-refractivity contribution is -0.127. The van der Waals surface area contributed by atoms with Crippen LogP contribution in [0.25, 0.3) is 21.8 Å². The van der Waals surface area contributed by atoms with E-state index in [1.165, 1.54) is 34.1 Å². The van der Waals surface area contributed by atoms with Gasteiger partial charge in [0.15, 0.2) is 0 Å². The minimum atomic E-state index is -4.27. The molecule has 0 bridgehead atoms. The molecular formula is C36H43F3N8O2S. The Bertz CT molecular complexity index is 2050. The summed E-state index contributed by atoms with van der Waals surface area (Å²) in [6, 6.07) is 13.5. The van der Waals surface area contributed by atoms with Crippen molar-refractivity contribution in [3.63, 3.8) is 0 Å². The van der Waals surface area contributed by atoms with Gasteiger partial charge in [0, 0.05) is 80.1 Å². The second-order valence-corrected chi connectivity index (χ2v) is 16.6. The summed E-state index contributed by atoms with van der Waals surface area (Å²) in [7, 11) is -3.19. The third kappa shape index (κ3) is 6.93. The lowest BCUT2D eigenvalue weighted by Gasteiger charge is -2.54. The minimum absolute atomic E-state index is 0.0415. The van der Waals surface area contributed by atoms with E-state index in [-0.39, 0.29) is 17.0 Å². The van der Waals surface area contributed by atoms with Crippen LogP contribution in [-0.4, -0.2) is 108 Å². The van der Waals surface area contributed by atoms with Crippen LogP contribution in [0.15, 0.2) is 42.7 Å². The zero-order chi connectivity index (χ0) is 35.4. The van der Waals surface area contributed by atoms with E-state index in [9.17, 15) is 26.9 Å². The molecular weight excluding hydrogens is 666 g/mol. The maximum atomic E-state index is 13.1. The molecule has 0 aliphatic carbocycles. The van der Waals surface area contributed by atoms with E-state index < -0.39 is 22.6 Å². The van der Waals surface area contributed by atoms with E-state index in [0.29, 0.717) is 48.6 Å². The first-order valence-corrected chi connectivity index (χ1v) is 19.1. The number of alkyl halides is 3. The van der Waals surface area contributed by atoms with Crippen molar-refractivity contribution in [2.24, 2.45) is 5.41 Å². The maximum Gasteiger partial charge on any atom is 0.393 e. The van der Waals surface area contributed by atoms with Gasteiger partial charge in [-0.2, -0.15) is 22.7 Å². The van der Waals surface area contributed by atoms with Gasteiger partial charge in [-0.25, -0.2) is 18.4 Å². The number of hydrogen-bond acceptors (Lipinski definition) is 8. The SMILES string of the molecule is Cc1c(CN2CCC3(CC2)CN(c2ncnc4ccc(CC(F)(F)F)cc24)C3)ccc2c1cc(C#N)n2[C@H](C)CN1CCN(S(C)(=O)=O)CC1. The molecule has 1 spiro atoms. The Labute approximate surface area is 291 Å². The van der Waals surface area contributed by atoms with E-state index in [1.807, 2.05) is 6.07 Å². The molecule has 3 aliphatic rings. The molecule has 1 atom stereocenters. The fraction of sp³-hybridized carbons (Fsp3) is 0.528. The Morgan fingerprint density at radius 3 is 2.34 bits per heavy atom. The Morgan fingerprint density at radius 2 is 1.68 bits per heavy atom. The first-order chi connectivity index (χ1) is 23.7. The molecule has 3 fully saturated rings. The van der Waals surface area contributed by atoms with Gasteiger partial charge in [0.25, 0.3) is 0 Å². The number of hydrogen-bond donors (Lipinski definition) is 0. The van der Waals surface area contributed by atoms with Gasteiger partial charge in [-0.05, 0) is 80.7 Å². The standard InChI is InChI=1S/C36H43F3N8O2S/c1-25(20-44-12-14-46(15-13-44)50(3,48)49)47-29(19-40)17-30-26(2)28(5-7-33(30)47)21-43-10-8-35(9-11-43)22-45(23-35)34-31-16-27(18-36(37,38)39)4-6-32(31)41-24-42-34/h4-7,16-17,24-25H,8-15,18,20-23H2,1-3H3/t25-/m1/s1. The van der Waals surface area contributed by atoms with E-state index in [0.717, 1.165) is 63.0 Å². The minimum Gasteiger partial charge on any atom is -0.355 e. The van der Waals surface area contributed by atoms with Gasteiger partial charge < -0.3 is 9.47 Å². The van der Waals surface area contributed by atoms with E-state index in [4.69, 9.17) is 0 Å². The highest BCUT2D eigenvalue weighted by molar-refractivity contribution is 7.88. The molecule has 0 saturated carbocycles. The molecule has 0 radical (unpaired) electrons. The number of halogens is 3. The first kappa shape index (κ1) is 34.7. The fourth-order valence-corrected chi connectivity index (χ4v) is 9.09. The van der Waals surface area contributed by atoms with Crippen molar-refractivity contribution < 1.29 is 21.6 Å². The predicted molar refractivity (Wildman–Crippen MR) is 187 cm³/mol. The number of aromatic nitrogens is 3. The van der Waals surface area contributed by atoms with Crippen LogP contribution < -0.4 is 4.90 Å². The highest BCUT2D eigenvalue weighted by Crippen LogP contribution is 2.44. The summed E-state index contributed by atoms with van der Waals surface area (Å²) >= 11 is 0. The predicted octanol–water partition coefficient (Wildman–Crippen LogP) is 5.11. The molecule has 2 aromatic carbocycles. The van der Waals surface area contributed by atoms with Crippen LogP contribution in [0, 0.1) is 23.7 Å². The Hall–Kier alpha value is -3.77. The van der Waals surface area contributed by atoms with Crippen molar-refractivity contribution in [3.8, 4) is 6.07 Å². The molecule has 0 N–H and O–H groups in total. The summed E-state index contributed by atoms with van der Waals surface area (Å²) in [5.41, 5.74) is 5.14. The zero-order valence-electron chi connectivity index (χ0n) is 28.7. The van der Waals surface area contributed by atoms with Gasteiger partial charge in [-0.15, -0.1) is 0 Å². The quantitative estimate of drug-likeness (QED) is 0.249. The number of nitriles is 1. The number of piperazine rings is 1. The number of sulfonamides is 1. The molecule has 0 unspecified atom stereocenters. The molecule has 10 nitrogen and oxygen atoms in total. The van der Waals surface area contributed by atoms with Crippen LogP contribution in [0.4, 0.5) is 19.0 Å². The van der Waals surface area contributed by atoms with E-state index in [2.05, 4.69) is 61.3 Å². The second kappa shape index (κ2) is 13.1. The average molecular weight is 709 g/mol. The number of rotatable bonds is 8. The number of fused-ring (bicyclic) bond motifs is 2. The summed E-state index contributed by atoms with van der Waals surface area (Å²) in [4.78, 5) is 15.7. The van der Waals surface area contributed by atoms with Crippen LogP contribution in [0.1, 0.15) is 48.2 Å². The van der Waals surface area contributed by atoms with Crippen molar-refractivity contribution in [1.82, 2.24) is 28.6 Å². The number of aryl methyl sites for hydroxylation is 1. The second-order valence-electron chi connectivity index (χ2n) is 14.6. The number of nitrogens with zero attached hydrogens (tertiary/aromatic N) is 8. The largest absolute Gasteiger partial charge is 0.393 e. The van der Waals surface area contributed by atoms with Crippen LogP contribution in [0.5, 0.6) is 0 Å². The molecule has 5 heterocycles. The van der Waals surface area contributed by atoms with Gasteiger partial charge in [0.2, 0.25) is 10.0 Å². The van der Waals surface area contributed by atoms with E-state index in [1.54, 1.807) is 12.1 Å². The summed E-state index contributed by atoms with van der Waals surface area (Å²) < 4.78 is 66.7. The molecule has 0 amide bonds. The lowest BCUT2D eigenvalue weighted by atomic mass is 9.72. The van der Waals surface area contributed by atoms with Crippen LogP contribution >= 0.6 is 0 Å². The lowest BCUT2D eigenvalue weighted by Crippen LogP contribution is -2.60. The third-order valence-electron chi connectivity index (χ3n) is 11.0. The van der Waals surface area contributed by atoms with Gasteiger partial charge >= 0.3 is 6.18 Å². The first-order valence-electron chi connectivity index (χ1n) is 17.2. The zero-order valence-corrected chi connectivity index (χ0v) is 29.6. The van der Waals surface area contributed by atoms with Crippen LogP contribution in [0.2, 0.25) is 0 Å². The molecule has 4 aromatic rings. The Morgan fingerprint density at radius 1 is 0.960 bits per heavy atom. The summed E-state index contributed by atoms with van der Waals surface area (Å²) in [5.74, 6) is 0.712. The van der Waals surface area contributed by atoms with Crippen molar-refractivity contribution >= 4 is 37.6 Å². The molecule has 3 saturated heterocycles. The third-order valence-corrected chi connectivity index (χ3v) is 12.3. The maximum absolute atomic E-state index is 13.1. The van der Waals surface area contributed by atoms with Crippen molar-refractivity contribution in [2.75, 3.05) is 70.1 Å². The summed E-state index contributed by atoms with van der Waals surface area (Å²) in [6.45, 7) is 11.7. The number of likely N-dealkylation sites (tertiary alicyclic amines) is 1. The molecule has 266 valence electrons. The fourth-order valence-electron chi connectivity index (χ4n) is 8.26. The Balaban J connectivity index is 0.984. The molecule has 14 heteroatoms. The van der Waals surface area contributed by atoms with Gasteiger partial charge in [0.05, 0.1) is 18.2 Å². The van der Waals surface area contributed by atoms with Crippen LogP contribution in [-0.2, 0) is 23.0 Å².